The van der Waals surface area contributed by atoms with Crippen molar-refractivity contribution in [3.8, 4) is 11.4 Å². The van der Waals surface area contributed by atoms with Crippen LogP contribution in [-0.2, 0) is 19.5 Å². The Labute approximate surface area is 120 Å². The van der Waals surface area contributed by atoms with E-state index in [1.807, 2.05) is 0 Å². The molecule has 0 spiro atoms. The Morgan fingerprint density at radius 2 is 2.05 bits per heavy atom. The lowest BCUT2D eigenvalue weighted by Crippen LogP contribution is -2.25. The SMILES string of the molecule is c1ccc(-c2nc3c(n2CCC2CC2)CCNC3)cc1. The average Bonchev–Trinajstić information content (AvgIpc) is 3.26. The molecule has 1 N–H and O–H groups in total. The third kappa shape index (κ3) is 2.27. The summed E-state index contributed by atoms with van der Waals surface area (Å²) in [5.41, 5.74) is 3.96. The maximum Gasteiger partial charge on any atom is 0.140 e. The molecule has 1 saturated carbocycles. The highest BCUT2D eigenvalue weighted by Gasteiger charge is 2.24. The zero-order chi connectivity index (χ0) is 13.4. The fourth-order valence-corrected chi connectivity index (χ4v) is 3.14. The van der Waals surface area contributed by atoms with Crippen LogP contribution >= 0.6 is 0 Å². The molecule has 104 valence electrons. The molecule has 3 nitrogen and oxygen atoms in total. The molecule has 0 amide bonds. The van der Waals surface area contributed by atoms with Crippen molar-refractivity contribution in [2.75, 3.05) is 6.54 Å². The molecule has 1 fully saturated rings. The summed E-state index contributed by atoms with van der Waals surface area (Å²) in [7, 11) is 0. The van der Waals surface area contributed by atoms with Crippen LogP contribution in [0.3, 0.4) is 0 Å². The van der Waals surface area contributed by atoms with Gasteiger partial charge in [-0.3, -0.25) is 0 Å². The largest absolute Gasteiger partial charge is 0.328 e. The van der Waals surface area contributed by atoms with E-state index in [2.05, 4.69) is 40.2 Å². The van der Waals surface area contributed by atoms with Gasteiger partial charge < -0.3 is 9.88 Å². The number of hydrogen-bond donors (Lipinski definition) is 1. The Balaban J connectivity index is 1.73. The Bertz CT molecular complexity index is 596. The fraction of sp³-hybridized carbons (Fsp3) is 0.471. The van der Waals surface area contributed by atoms with Gasteiger partial charge >= 0.3 is 0 Å². The van der Waals surface area contributed by atoms with Gasteiger partial charge in [-0.2, -0.15) is 0 Å². The van der Waals surface area contributed by atoms with Crippen molar-refractivity contribution in [3.63, 3.8) is 0 Å². The summed E-state index contributed by atoms with van der Waals surface area (Å²) >= 11 is 0. The first-order chi connectivity index (χ1) is 9.92. The van der Waals surface area contributed by atoms with E-state index < -0.39 is 0 Å². The molecule has 1 aliphatic heterocycles. The molecule has 2 heterocycles. The second-order valence-electron chi connectivity index (χ2n) is 6.01. The standard InChI is InChI=1S/C17H21N3/c1-2-4-14(5-3-1)17-19-15-12-18-10-8-16(15)20(17)11-9-13-6-7-13/h1-5,13,18H,6-12H2. The molecule has 4 rings (SSSR count). The Morgan fingerprint density at radius 3 is 2.85 bits per heavy atom. The molecule has 0 saturated heterocycles. The minimum Gasteiger partial charge on any atom is -0.328 e. The lowest BCUT2D eigenvalue weighted by Gasteiger charge is -2.16. The lowest BCUT2D eigenvalue weighted by molar-refractivity contribution is 0.553. The number of nitrogens with one attached hydrogen (secondary N) is 1. The van der Waals surface area contributed by atoms with Gasteiger partial charge in [-0.25, -0.2) is 4.98 Å². The zero-order valence-electron chi connectivity index (χ0n) is 11.8. The average molecular weight is 267 g/mol. The summed E-state index contributed by atoms with van der Waals surface area (Å²) in [4.78, 5) is 4.92. The number of rotatable bonds is 4. The molecule has 0 unspecified atom stereocenters. The van der Waals surface area contributed by atoms with Gasteiger partial charge in [0.05, 0.1) is 5.69 Å². The lowest BCUT2D eigenvalue weighted by atomic mass is 10.1. The molecule has 0 atom stereocenters. The van der Waals surface area contributed by atoms with Gasteiger partial charge in [0.1, 0.15) is 5.82 Å². The zero-order valence-corrected chi connectivity index (χ0v) is 11.8. The van der Waals surface area contributed by atoms with Crippen molar-refractivity contribution in [1.82, 2.24) is 14.9 Å². The van der Waals surface area contributed by atoms with Gasteiger partial charge in [-0.05, 0) is 12.3 Å². The van der Waals surface area contributed by atoms with Crippen molar-refractivity contribution in [2.45, 2.75) is 38.8 Å². The molecular weight excluding hydrogens is 246 g/mol. The summed E-state index contributed by atoms with van der Waals surface area (Å²) < 4.78 is 2.49. The molecule has 1 aromatic carbocycles. The van der Waals surface area contributed by atoms with Crippen molar-refractivity contribution < 1.29 is 0 Å². The summed E-state index contributed by atoms with van der Waals surface area (Å²) in [5.74, 6) is 2.14. The van der Waals surface area contributed by atoms with Crippen LogP contribution in [0.1, 0.15) is 30.7 Å². The van der Waals surface area contributed by atoms with Crippen LogP contribution in [-0.4, -0.2) is 16.1 Å². The number of fused-ring (bicyclic) bond motifs is 1. The van der Waals surface area contributed by atoms with Gasteiger partial charge in [-0.15, -0.1) is 0 Å². The first-order valence-corrected chi connectivity index (χ1v) is 7.76. The number of nitrogens with zero attached hydrogens (tertiary/aromatic N) is 2. The van der Waals surface area contributed by atoms with Gasteiger partial charge in [-0.1, -0.05) is 43.2 Å². The van der Waals surface area contributed by atoms with Gasteiger partial charge in [0.25, 0.3) is 0 Å². The van der Waals surface area contributed by atoms with Gasteiger partial charge in [0.2, 0.25) is 0 Å². The van der Waals surface area contributed by atoms with Crippen LogP contribution in [0.2, 0.25) is 0 Å². The number of hydrogen-bond acceptors (Lipinski definition) is 2. The Hall–Kier alpha value is -1.61. The topological polar surface area (TPSA) is 29.9 Å². The number of benzene rings is 1. The smallest absolute Gasteiger partial charge is 0.140 e. The molecule has 20 heavy (non-hydrogen) atoms. The van der Waals surface area contributed by atoms with E-state index in [1.165, 1.54) is 42.0 Å². The van der Waals surface area contributed by atoms with Gasteiger partial charge in [0.15, 0.2) is 0 Å². The summed E-state index contributed by atoms with van der Waals surface area (Å²) in [6.07, 6.45) is 5.29. The summed E-state index contributed by atoms with van der Waals surface area (Å²) in [6.45, 7) is 3.14. The van der Waals surface area contributed by atoms with E-state index in [9.17, 15) is 0 Å². The van der Waals surface area contributed by atoms with Crippen LogP contribution in [0.5, 0.6) is 0 Å². The second-order valence-corrected chi connectivity index (χ2v) is 6.01. The van der Waals surface area contributed by atoms with E-state index in [0.29, 0.717) is 0 Å². The van der Waals surface area contributed by atoms with E-state index in [1.54, 1.807) is 0 Å². The van der Waals surface area contributed by atoms with E-state index in [0.717, 1.165) is 32.0 Å². The predicted molar refractivity (Wildman–Crippen MR) is 80.4 cm³/mol. The third-order valence-electron chi connectivity index (χ3n) is 4.48. The molecule has 2 aliphatic rings. The first kappa shape index (κ1) is 12.2. The quantitative estimate of drug-likeness (QED) is 0.923. The minimum absolute atomic E-state index is 0.922. The fourth-order valence-electron chi connectivity index (χ4n) is 3.14. The van der Waals surface area contributed by atoms with Crippen LogP contribution in [0.4, 0.5) is 0 Å². The highest BCUT2D eigenvalue weighted by Crippen LogP contribution is 2.34. The molecular formula is C17H21N3. The highest BCUT2D eigenvalue weighted by atomic mass is 15.1. The monoisotopic (exact) mass is 267 g/mol. The van der Waals surface area contributed by atoms with Crippen LogP contribution in [0.15, 0.2) is 30.3 Å². The minimum atomic E-state index is 0.922. The molecule has 2 aromatic rings. The van der Waals surface area contributed by atoms with Crippen LogP contribution in [0, 0.1) is 5.92 Å². The molecule has 1 aromatic heterocycles. The number of aromatic nitrogens is 2. The van der Waals surface area contributed by atoms with E-state index in [4.69, 9.17) is 4.98 Å². The van der Waals surface area contributed by atoms with Crippen molar-refractivity contribution in [2.24, 2.45) is 5.92 Å². The summed E-state index contributed by atoms with van der Waals surface area (Å²) in [5, 5.41) is 3.43. The van der Waals surface area contributed by atoms with Crippen LogP contribution in [0.25, 0.3) is 11.4 Å². The molecule has 0 bridgehead atoms. The Morgan fingerprint density at radius 1 is 1.20 bits per heavy atom. The van der Waals surface area contributed by atoms with Gasteiger partial charge in [0, 0.05) is 37.3 Å². The summed E-state index contributed by atoms with van der Waals surface area (Å²) in [6, 6.07) is 10.6. The molecule has 3 heteroatoms. The third-order valence-corrected chi connectivity index (χ3v) is 4.48. The molecule has 1 aliphatic carbocycles. The maximum atomic E-state index is 4.92. The first-order valence-electron chi connectivity index (χ1n) is 7.76. The van der Waals surface area contributed by atoms with Crippen molar-refractivity contribution >= 4 is 0 Å². The van der Waals surface area contributed by atoms with Crippen molar-refractivity contribution in [3.05, 3.63) is 41.7 Å². The highest BCUT2D eigenvalue weighted by molar-refractivity contribution is 5.57. The second kappa shape index (κ2) is 5.06. The van der Waals surface area contributed by atoms with Crippen LogP contribution < -0.4 is 5.32 Å². The predicted octanol–water partition coefficient (Wildman–Crippen LogP) is 3.00. The molecule has 0 radical (unpaired) electrons. The van der Waals surface area contributed by atoms with E-state index >= 15 is 0 Å². The number of imidazole rings is 1. The normalized spacial score (nSPS) is 18.0. The van der Waals surface area contributed by atoms with Crippen molar-refractivity contribution in [1.29, 1.82) is 0 Å². The maximum absolute atomic E-state index is 4.92. The van der Waals surface area contributed by atoms with E-state index in [-0.39, 0.29) is 0 Å². The Kier molecular flexibility index (Phi) is 3.07.